The second-order valence-corrected chi connectivity index (χ2v) is 4.24. The summed E-state index contributed by atoms with van der Waals surface area (Å²) in [5, 5.41) is 3.22. The lowest BCUT2D eigenvalue weighted by Crippen LogP contribution is -2.10. The highest BCUT2D eigenvalue weighted by Gasteiger charge is 2.39. The lowest BCUT2D eigenvalue weighted by molar-refractivity contribution is 0.351. The first-order chi connectivity index (χ1) is 7.81. The standard InChI is InChI=1S/C13H19NO2/c1-14-8-9-7-11(9)10-5-4-6-12(15-2)13(10)16-3/h4-6,9,11,14H,7-8H2,1-3H3/t9-,11-/m0/s1. The van der Waals surface area contributed by atoms with Crippen molar-refractivity contribution in [1.29, 1.82) is 0 Å². The van der Waals surface area contributed by atoms with Gasteiger partial charge in [0.1, 0.15) is 0 Å². The predicted octanol–water partition coefficient (Wildman–Crippen LogP) is 2.03. The Hall–Kier alpha value is -1.22. The maximum Gasteiger partial charge on any atom is 0.164 e. The van der Waals surface area contributed by atoms with E-state index in [1.54, 1.807) is 14.2 Å². The van der Waals surface area contributed by atoms with E-state index in [9.17, 15) is 0 Å². The van der Waals surface area contributed by atoms with Gasteiger partial charge in [0, 0.05) is 5.56 Å². The molecule has 0 spiro atoms. The second-order valence-electron chi connectivity index (χ2n) is 4.24. The van der Waals surface area contributed by atoms with Gasteiger partial charge in [-0.25, -0.2) is 0 Å². The average molecular weight is 221 g/mol. The number of rotatable bonds is 5. The van der Waals surface area contributed by atoms with Gasteiger partial charge in [-0.15, -0.1) is 0 Å². The Morgan fingerprint density at radius 2 is 2.12 bits per heavy atom. The third-order valence-corrected chi connectivity index (χ3v) is 3.22. The van der Waals surface area contributed by atoms with E-state index in [-0.39, 0.29) is 0 Å². The van der Waals surface area contributed by atoms with Crippen LogP contribution in [-0.4, -0.2) is 27.8 Å². The van der Waals surface area contributed by atoms with Gasteiger partial charge in [-0.2, -0.15) is 0 Å². The molecule has 3 heteroatoms. The minimum Gasteiger partial charge on any atom is -0.493 e. The third kappa shape index (κ3) is 2.00. The molecule has 16 heavy (non-hydrogen) atoms. The van der Waals surface area contributed by atoms with Crippen LogP contribution in [0.2, 0.25) is 0 Å². The van der Waals surface area contributed by atoms with Crippen LogP contribution in [0.5, 0.6) is 11.5 Å². The Morgan fingerprint density at radius 3 is 2.75 bits per heavy atom. The highest BCUT2D eigenvalue weighted by Crippen LogP contribution is 2.51. The predicted molar refractivity (Wildman–Crippen MR) is 64.3 cm³/mol. The molecule has 88 valence electrons. The first-order valence-corrected chi connectivity index (χ1v) is 5.67. The summed E-state index contributed by atoms with van der Waals surface area (Å²) in [6, 6.07) is 6.12. The first kappa shape index (κ1) is 11.3. The molecule has 0 radical (unpaired) electrons. The first-order valence-electron chi connectivity index (χ1n) is 5.67. The molecular weight excluding hydrogens is 202 g/mol. The van der Waals surface area contributed by atoms with E-state index in [0.717, 1.165) is 24.0 Å². The van der Waals surface area contributed by atoms with Crippen LogP contribution in [0.3, 0.4) is 0 Å². The molecule has 1 aliphatic carbocycles. The van der Waals surface area contributed by atoms with Gasteiger partial charge in [0.15, 0.2) is 11.5 Å². The summed E-state index contributed by atoms with van der Waals surface area (Å²) in [6.45, 7) is 1.07. The minimum absolute atomic E-state index is 0.623. The molecule has 0 saturated heterocycles. The lowest BCUT2D eigenvalue weighted by atomic mass is 10.1. The van der Waals surface area contributed by atoms with Crippen LogP contribution in [0, 0.1) is 5.92 Å². The van der Waals surface area contributed by atoms with Crippen LogP contribution in [0.25, 0.3) is 0 Å². The zero-order valence-corrected chi connectivity index (χ0v) is 10.1. The summed E-state index contributed by atoms with van der Waals surface area (Å²) in [6.07, 6.45) is 1.24. The van der Waals surface area contributed by atoms with E-state index >= 15 is 0 Å². The number of ether oxygens (including phenoxy) is 2. The smallest absolute Gasteiger partial charge is 0.164 e. The maximum absolute atomic E-state index is 5.45. The molecule has 1 fully saturated rings. The van der Waals surface area contributed by atoms with Crippen LogP contribution in [0.1, 0.15) is 17.9 Å². The molecule has 1 N–H and O–H groups in total. The maximum atomic E-state index is 5.45. The minimum atomic E-state index is 0.623. The van der Waals surface area contributed by atoms with Gasteiger partial charge >= 0.3 is 0 Å². The SMILES string of the molecule is CNC[C@@H]1C[C@@H]1c1cccc(OC)c1OC. The van der Waals surface area contributed by atoms with E-state index in [1.165, 1.54) is 12.0 Å². The third-order valence-electron chi connectivity index (χ3n) is 3.22. The highest BCUT2D eigenvalue weighted by atomic mass is 16.5. The van der Waals surface area contributed by atoms with Gasteiger partial charge in [0.2, 0.25) is 0 Å². The van der Waals surface area contributed by atoms with Crippen molar-refractivity contribution in [1.82, 2.24) is 5.32 Å². The summed E-state index contributed by atoms with van der Waals surface area (Å²) >= 11 is 0. The molecule has 0 aromatic heterocycles. The molecule has 3 nitrogen and oxygen atoms in total. The zero-order chi connectivity index (χ0) is 11.5. The number of methoxy groups -OCH3 is 2. The van der Waals surface area contributed by atoms with E-state index in [4.69, 9.17) is 9.47 Å². The zero-order valence-electron chi connectivity index (χ0n) is 10.1. The van der Waals surface area contributed by atoms with Gasteiger partial charge in [0.25, 0.3) is 0 Å². The fourth-order valence-electron chi connectivity index (χ4n) is 2.32. The van der Waals surface area contributed by atoms with Crippen molar-refractivity contribution >= 4 is 0 Å². The number of hydrogen-bond donors (Lipinski definition) is 1. The number of benzene rings is 1. The Kier molecular flexibility index (Phi) is 3.34. The van der Waals surface area contributed by atoms with E-state index in [2.05, 4.69) is 11.4 Å². The fraction of sp³-hybridized carbons (Fsp3) is 0.538. The molecule has 0 amide bonds. The van der Waals surface area contributed by atoms with Crippen LogP contribution >= 0.6 is 0 Å². The normalized spacial score (nSPS) is 22.9. The Bertz CT molecular complexity index is 365. The molecule has 0 bridgehead atoms. The van der Waals surface area contributed by atoms with Crippen molar-refractivity contribution in [3.8, 4) is 11.5 Å². The number of hydrogen-bond acceptors (Lipinski definition) is 3. The van der Waals surface area contributed by atoms with Crippen LogP contribution in [-0.2, 0) is 0 Å². The fourth-order valence-corrected chi connectivity index (χ4v) is 2.32. The molecule has 2 atom stereocenters. The quantitative estimate of drug-likeness (QED) is 0.825. The number of nitrogens with one attached hydrogen (secondary N) is 1. The van der Waals surface area contributed by atoms with E-state index in [0.29, 0.717) is 5.92 Å². The summed E-state index contributed by atoms with van der Waals surface area (Å²) in [7, 11) is 5.38. The summed E-state index contributed by atoms with van der Waals surface area (Å²) in [4.78, 5) is 0. The molecular formula is C13H19NO2. The van der Waals surface area contributed by atoms with Gasteiger partial charge in [-0.05, 0) is 37.9 Å². The molecule has 1 saturated carbocycles. The van der Waals surface area contributed by atoms with Crippen LogP contribution in [0.4, 0.5) is 0 Å². The Balaban J connectivity index is 2.21. The summed E-state index contributed by atoms with van der Waals surface area (Å²) in [5.74, 6) is 3.09. The monoisotopic (exact) mass is 221 g/mol. The van der Waals surface area contributed by atoms with Gasteiger partial charge in [-0.1, -0.05) is 12.1 Å². The molecule has 0 heterocycles. The van der Waals surface area contributed by atoms with Gasteiger partial charge in [-0.3, -0.25) is 0 Å². The largest absolute Gasteiger partial charge is 0.493 e. The average Bonchev–Trinajstić information content (AvgIpc) is 3.07. The summed E-state index contributed by atoms with van der Waals surface area (Å²) < 4.78 is 10.8. The highest BCUT2D eigenvalue weighted by molar-refractivity contribution is 5.50. The van der Waals surface area contributed by atoms with Crippen molar-refractivity contribution < 1.29 is 9.47 Å². The number of para-hydroxylation sites is 1. The topological polar surface area (TPSA) is 30.5 Å². The lowest BCUT2D eigenvalue weighted by Gasteiger charge is -2.12. The van der Waals surface area contributed by atoms with Crippen molar-refractivity contribution in [2.45, 2.75) is 12.3 Å². The molecule has 1 aromatic rings. The van der Waals surface area contributed by atoms with E-state index < -0.39 is 0 Å². The molecule has 2 rings (SSSR count). The molecule has 0 aliphatic heterocycles. The summed E-state index contributed by atoms with van der Waals surface area (Å²) in [5.41, 5.74) is 1.28. The molecule has 1 aliphatic rings. The Labute approximate surface area is 96.8 Å². The van der Waals surface area contributed by atoms with Gasteiger partial charge in [0.05, 0.1) is 14.2 Å². The van der Waals surface area contributed by atoms with Gasteiger partial charge < -0.3 is 14.8 Å². The van der Waals surface area contributed by atoms with Crippen molar-refractivity contribution in [2.75, 3.05) is 27.8 Å². The van der Waals surface area contributed by atoms with Crippen LogP contribution in [0.15, 0.2) is 18.2 Å². The van der Waals surface area contributed by atoms with E-state index in [1.807, 2.05) is 19.2 Å². The second kappa shape index (κ2) is 4.74. The van der Waals surface area contributed by atoms with Crippen molar-refractivity contribution in [3.63, 3.8) is 0 Å². The Morgan fingerprint density at radius 1 is 1.31 bits per heavy atom. The molecule has 1 aromatic carbocycles. The molecule has 0 unspecified atom stereocenters. The van der Waals surface area contributed by atoms with Crippen LogP contribution < -0.4 is 14.8 Å². The van der Waals surface area contributed by atoms with Crippen molar-refractivity contribution in [2.24, 2.45) is 5.92 Å². The van der Waals surface area contributed by atoms with Crippen molar-refractivity contribution in [3.05, 3.63) is 23.8 Å².